The van der Waals surface area contributed by atoms with E-state index in [2.05, 4.69) is 26.1 Å². The average molecular weight is 338 g/mol. The third-order valence-electron chi connectivity index (χ3n) is 3.97. The molecule has 0 atom stereocenters. The molecule has 6 heteroatoms. The number of anilines is 1. The maximum atomic E-state index is 12.0. The summed E-state index contributed by atoms with van der Waals surface area (Å²) < 4.78 is 24.9. The van der Waals surface area contributed by atoms with Gasteiger partial charge in [-0.15, -0.1) is 0 Å². The first-order chi connectivity index (χ1) is 10.6. The summed E-state index contributed by atoms with van der Waals surface area (Å²) in [5.74, 6) is -0.164. The van der Waals surface area contributed by atoms with Crippen LogP contribution in [0.1, 0.15) is 45.6 Å². The molecule has 0 bridgehead atoms. The quantitative estimate of drug-likeness (QED) is 0.867. The predicted octanol–water partition coefficient (Wildman–Crippen LogP) is 2.74. The normalized spacial score (nSPS) is 15.7. The van der Waals surface area contributed by atoms with Gasteiger partial charge in [-0.1, -0.05) is 32.9 Å². The molecular weight excluding hydrogens is 312 g/mol. The third-order valence-corrected chi connectivity index (χ3v) is 5.31. The van der Waals surface area contributed by atoms with Crippen molar-refractivity contribution in [1.29, 1.82) is 0 Å². The van der Waals surface area contributed by atoms with Crippen LogP contribution < -0.4 is 5.32 Å². The molecule has 0 aromatic heterocycles. The van der Waals surface area contributed by atoms with Crippen molar-refractivity contribution in [2.75, 3.05) is 18.1 Å². The van der Waals surface area contributed by atoms with E-state index in [1.165, 1.54) is 16.1 Å². The number of nitrogens with zero attached hydrogens (tertiary/aromatic N) is 1. The smallest absolute Gasteiger partial charge is 0.225 e. The maximum Gasteiger partial charge on any atom is 0.225 e. The van der Waals surface area contributed by atoms with Crippen LogP contribution in [-0.2, 0) is 20.2 Å². The molecule has 5 nitrogen and oxygen atoms in total. The SMILES string of the molecule is CC(C)(C)c1ccc(NC(=O)CCN(C2CC2)S(C)(=O)=O)cc1. The zero-order valence-corrected chi connectivity index (χ0v) is 15.1. The summed E-state index contributed by atoms with van der Waals surface area (Å²) in [7, 11) is -3.24. The van der Waals surface area contributed by atoms with Gasteiger partial charge in [0.15, 0.2) is 0 Å². The van der Waals surface area contributed by atoms with Gasteiger partial charge in [0.2, 0.25) is 15.9 Å². The van der Waals surface area contributed by atoms with Gasteiger partial charge in [-0.05, 0) is 36.0 Å². The zero-order chi connectivity index (χ0) is 17.3. The van der Waals surface area contributed by atoms with Crippen molar-refractivity contribution in [1.82, 2.24) is 4.31 Å². The van der Waals surface area contributed by atoms with E-state index in [9.17, 15) is 13.2 Å². The van der Waals surface area contributed by atoms with Crippen LogP contribution in [0.25, 0.3) is 0 Å². The van der Waals surface area contributed by atoms with Gasteiger partial charge in [-0.3, -0.25) is 4.79 Å². The molecule has 128 valence electrons. The highest BCUT2D eigenvalue weighted by molar-refractivity contribution is 7.88. The molecule has 2 rings (SSSR count). The molecule has 0 saturated heterocycles. The fraction of sp³-hybridized carbons (Fsp3) is 0.588. The molecule has 0 spiro atoms. The van der Waals surface area contributed by atoms with Crippen molar-refractivity contribution in [3.05, 3.63) is 29.8 Å². The van der Waals surface area contributed by atoms with Crippen LogP contribution in [0, 0.1) is 0 Å². The van der Waals surface area contributed by atoms with Crippen LogP contribution in [0.2, 0.25) is 0 Å². The number of hydrogen-bond acceptors (Lipinski definition) is 3. The van der Waals surface area contributed by atoms with Gasteiger partial charge in [-0.25, -0.2) is 8.42 Å². The first kappa shape index (κ1) is 17.9. The molecular formula is C17H26N2O3S. The lowest BCUT2D eigenvalue weighted by atomic mass is 9.87. The van der Waals surface area contributed by atoms with Crippen LogP contribution >= 0.6 is 0 Å². The largest absolute Gasteiger partial charge is 0.326 e. The van der Waals surface area contributed by atoms with Gasteiger partial charge in [0.05, 0.1) is 6.26 Å². The van der Waals surface area contributed by atoms with Gasteiger partial charge in [0.1, 0.15) is 0 Å². The first-order valence-electron chi connectivity index (χ1n) is 7.94. The fourth-order valence-corrected chi connectivity index (χ4v) is 3.65. The molecule has 1 N–H and O–H groups in total. The summed E-state index contributed by atoms with van der Waals surface area (Å²) in [6.45, 7) is 6.66. The second kappa shape index (κ2) is 6.61. The number of sulfonamides is 1. The van der Waals surface area contributed by atoms with Crippen molar-refractivity contribution in [2.24, 2.45) is 0 Å². The lowest BCUT2D eigenvalue weighted by molar-refractivity contribution is -0.116. The van der Waals surface area contributed by atoms with E-state index in [-0.39, 0.29) is 30.3 Å². The Hall–Kier alpha value is -1.40. The molecule has 1 aromatic carbocycles. The molecule has 1 aliphatic rings. The Kier molecular flexibility index (Phi) is 5.16. The standard InChI is InChI=1S/C17H26N2O3S/c1-17(2,3)13-5-7-14(8-6-13)18-16(20)11-12-19(15-9-10-15)23(4,21)22/h5-8,15H,9-12H2,1-4H3,(H,18,20). The Labute approximate surface area is 139 Å². The van der Waals surface area contributed by atoms with Crippen LogP contribution in [-0.4, -0.2) is 37.5 Å². The lowest BCUT2D eigenvalue weighted by Crippen LogP contribution is -2.34. The van der Waals surface area contributed by atoms with E-state index in [1.807, 2.05) is 24.3 Å². The van der Waals surface area contributed by atoms with Crippen LogP contribution in [0.5, 0.6) is 0 Å². The van der Waals surface area contributed by atoms with Gasteiger partial charge in [0, 0.05) is 24.7 Å². The number of nitrogens with one attached hydrogen (secondary N) is 1. The summed E-state index contributed by atoms with van der Waals surface area (Å²) in [6.07, 6.45) is 3.16. The monoisotopic (exact) mass is 338 g/mol. The number of hydrogen-bond donors (Lipinski definition) is 1. The summed E-state index contributed by atoms with van der Waals surface area (Å²) in [5, 5.41) is 2.83. The summed E-state index contributed by atoms with van der Waals surface area (Å²) >= 11 is 0. The second-order valence-electron chi connectivity index (χ2n) is 7.23. The highest BCUT2D eigenvalue weighted by Gasteiger charge is 2.34. The van der Waals surface area contributed by atoms with E-state index in [4.69, 9.17) is 0 Å². The molecule has 0 radical (unpaired) electrons. The molecule has 0 unspecified atom stereocenters. The van der Waals surface area contributed by atoms with E-state index in [0.29, 0.717) is 0 Å². The minimum Gasteiger partial charge on any atom is -0.326 e. The Morgan fingerprint density at radius 1 is 1.22 bits per heavy atom. The minimum atomic E-state index is -3.24. The van der Waals surface area contributed by atoms with Crippen molar-refractivity contribution in [3.63, 3.8) is 0 Å². The molecule has 0 heterocycles. The second-order valence-corrected chi connectivity index (χ2v) is 9.17. The van der Waals surface area contributed by atoms with Crippen LogP contribution in [0.3, 0.4) is 0 Å². The molecule has 1 aromatic rings. The molecule has 1 aliphatic carbocycles. The number of carbonyl (C=O) groups is 1. The molecule has 1 saturated carbocycles. The number of rotatable bonds is 6. The Balaban J connectivity index is 1.89. The van der Waals surface area contributed by atoms with E-state index >= 15 is 0 Å². The minimum absolute atomic E-state index is 0.0722. The van der Waals surface area contributed by atoms with Gasteiger partial charge in [0.25, 0.3) is 0 Å². The van der Waals surface area contributed by atoms with Crippen molar-refractivity contribution in [2.45, 2.75) is 51.5 Å². The fourth-order valence-electron chi connectivity index (χ4n) is 2.47. The molecule has 1 amide bonds. The van der Waals surface area contributed by atoms with E-state index < -0.39 is 10.0 Å². The van der Waals surface area contributed by atoms with Crippen LogP contribution in [0.15, 0.2) is 24.3 Å². The topological polar surface area (TPSA) is 66.5 Å². The summed E-state index contributed by atoms with van der Waals surface area (Å²) in [4.78, 5) is 12.0. The molecule has 1 fully saturated rings. The maximum absolute atomic E-state index is 12.0. The zero-order valence-electron chi connectivity index (χ0n) is 14.3. The number of carbonyl (C=O) groups excluding carboxylic acids is 1. The number of benzene rings is 1. The van der Waals surface area contributed by atoms with Gasteiger partial charge in [-0.2, -0.15) is 4.31 Å². The first-order valence-corrected chi connectivity index (χ1v) is 9.79. The summed E-state index contributed by atoms with van der Waals surface area (Å²) in [6, 6.07) is 7.86. The summed E-state index contributed by atoms with van der Waals surface area (Å²) in [5.41, 5.74) is 2.01. The number of amides is 1. The molecule has 23 heavy (non-hydrogen) atoms. The van der Waals surface area contributed by atoms with E-state index in [0.717, 1.165) is 18.5 Å². The Bertz CT molecular complexity index is 656. The average Bonchev–Trinajstić information content (AvgIpc) is 3.21. The van der Waals surface area contributed by atoms with E-state index in [1.54, 1.807) is 0 Å². The molecule has 0 aliphatic heterocycles. The van der Waals surface area contributed by atoms with Crippen molar-refractivity contribution < 1.29 is 13.2 Å². The van der Waals surface area contributed by atoms with Gasteiger partial charge < -0.3 is 5.32 Å². The lowest BCUT2D eigenvalue weighted by Gasteiger charge is -2.20. The Morgan fingerprint density at radius 3 is 2.22 bits per heavy atom. The predicted molar refractivity (Wildman–Crippen MR) is 93.0 cm³/mol. The van der Waals surface area contributed by atoms with Gasteiger partial charge >= 0.3 is 0 Å². The van der Waals surface area contributed by atoms with Crippen molar-refractivity contribution in [3.8, 4) is 0 Å². The van der Waals surface area contributed by atoms with Crippen molar-refractivity contribution >= 4 is 21.6 Å². The highest BCUT2D eigenvalue weighted by atomic mass is 32.2. The van der Waals surface area contributed by atoms with Crippen LogP contribution in [0.4, 0.5) is 5.69 Å². The highest BCUT2D eigenvalue weighted by Crippen LogP contribution is 2.29. The Morgan fingerprint density at radius 2 is 1.78 bits per heavy atom. The third kappa shape index (κ3) is 5.32.